The minimum atomic E-state index is 0.0578. The number of ether oxygens (including phenoxy) is 1. The zero-order valence-electron chi connectivity index (χ0n) is 9.88. The molecule has 1 saturated heterocycles. The highest BCUT2D eigenvalue weighted by atomic mass is 35.5. The largest absolute Gasteiger partial charge is 0.373 e. The summed E-state index contributed by atoms with van der Waals surface area (Å²) in [5.74, 6) is 0.463. The van der Waals surface area contributed by atoms with E-state index in [4.69, 9.17) is 27.9 Å². The van der Waals surface area contributed by atoms with E-state index in [2.05, 4.69) is 5.32 Å². The lowest BCUT2D eigenvalue weighted by atomic mass is 9.89. The summed E-state index contributed by atoms with van der Waals surface area (Å²) in [4.78, 5) is 0. The van der Waals surface area contributed by atoms with Crippen LogP contribution in [-0.2, 0) is 4.74 Å². The number of hydrogen-bond donors (Lipinski definition) is 1. The predicted molar refractivity (Wildman–Crippen MR) is 71.8 cm³/mol. The van der Waals surface area contributed by atoms with Gasteiger partial charge in [0.15, 0.2) is 0 Å². The highest BCUT2D eigenvalue weighted by Crippen LogP contribution is 2.39. The maximum absolute atomic E-state index is 6.26. The molecule has 0 spiro atoms. The number of nitrogens with one attached hydrogen (secondary N) is 1. The molecule has 0 amide bonds. The Morgan fingerprint density at radius 3 is 3.00 bits per heavy atom. The van der Waals surface area contributed by atoms with E-state index in [9.17, 15) is 0 Å². The summed E-state index contributed by atoms with van der Waals surface area (Å²) in [5, 5.41) is 4.44. The van der Waals surface area contributed by atoms with E-state index < -0.39 is 0 Å². The van der Waals surface area contributed by atoms with Crippen molar-refractivity contribution in [1.82, 2.24) is 5.32 Å². The van der Waals surface area contributed by atoms with E-state index in [-0.39, 0.29) is 6.10 Å². The Balaban J connectivity index is 2.26. The van der Waals surface area contributed by atoms with Crippen LogP contribution in [0, 0.1) is 5.92 Å². The van der Waals surface area contributed by atoms with Gasteiger partial charge < -0.3 is 10.1 Å². The van der Waals surface area contributed by atoms with E-state index in [0.717, 1.165) is 31.6 Å². The maximum atomic E-state index is 6.26. The Kier molecular flexibility index (Phi) is 4.69. The summed E-state index contributed by atoms with van der Waals surface area (Å²) in [6, 6.07) is 5.74. The molecule has 17 heavy (non-hydrogen) atoms. The fraction of sp³-hybridized carbons (Fsp3) is 0.538. The predicted octanol–water partition coefficient (Wildman–Crippen LogP) is 3.68. The molecule has 1 heterocycles. The quantitative estimate of drug-likeness (QED) is 0.907. The molecule has 4 heteroatoms. The lowest BCUT2D eigenvalue weighted by molar-refractivity contribution is -0.0271. The highest BCUT2D eigenvalue weighted by Gasteiger charge is 2.28. The van der Waals surface area contributed by atoms with Crippen molar-refractivity contribution in [1.29, 1.82) is 0 Å². The topological polar surface area (TPSA) is 21.3 Å². The molecule has 2 rings (SSSR count). The van der Waals surface area contributed by atoms with Crippen molar-refractivity contribution in [2.45, 2.75) is 18.9 Å². The van der Waals surface area contributed by atoms with Gasteiger partial charge in [0.2, 0.25) is 0 Å². The van der Waals surface area contributed by atoms with Crippen molar-refractivity contribution in [2.24, 2.45) is 5.92 Å². The van der Waals surface area contributed by atoms with Gasteiger partial charge in [0.25, 0.3) is 0 Å². The molecule has 0 aromatic heterocycles. The molecule has 1 fully saturated rings. The second-order valence-corrected chi connectivity index (χ2v) is 5.18. The minimum Gasteiger partial charge on any atom is -0.373 e. The Bertz CT molecular complexity index is 382. The van der Waals surface area contributed by atoms with Crippen molar-refractivity contribution < 1.29 is 4.74 Å². The summed E-state index contributed by atoms with van der Waals surface area (Å²) in [6.07, 6.45) is 2.33. The average molecular weight is 274 g/mol. The van der Waals surface area contributed by atoms with E-state index in [1.807, 2.05) is 25.2 Å². The molecule has 94 valence electrons. The molecule has 2 nitrogen and oxygen atoms in total. The monoisotopic (exact) mass is 273 g/mol. The normalized spacial score (nSPS) is 24.9. The average Bonchev–Trinajstić information content (AvgIpc) is 2.34. The van der Waals surface area contributed by atoms with E-state index in [1.165, 1.54) is 0 Å². The van der Waals surface area contributed by atoms with Crippen molar-refractivity contribution in [2.75, 3.05) is 20.2 Å². The summed E-state index contributed by atoms with van der Waals surface area (Å²) in [5.41, 5.74) is 1.01. The third-order valence-electron chi connectivity index (χ3n) is 3.20. The van der Waals surface area contributed by atoms with Gasteiger partial charge in [0.1, 0.15) is 0 Å². The zero-order chi connectivity index (χ0) is 12.3. The highest BCUT2D eigenvalue weighted by molar-refractivity contribution is 6.42. The zero-order valence-corrected chi connectivity index (χ0v) is 11.4. The third-order valence-corrected chi connectivity index (χ3v) is 4.03. The summed E-state index contributed by atoms with van der Waals surface area (Å²) >= 11 is 12.3. The Labute approximate surface area is 112 Å². The Morgan fingerprint density at radius 2 is 2.24 bits per heavy atom. The van der Waals surface area contributed by atoms with Gasteiger partial charge in [0, 0.05) is 24.6 Å². The standard InChI is InChI=1S/C13H17Cl2NO/c1-16-8-9-4-3-7-17-13(9)10-5-2-6-11(14)12(10)15/h2,5-6,9,13,16H,3-4,7-8H2,1H3. The summed E-state index contributed by atoms with van der Waals surface area (Å²) in [6.45, 7) is 1.74. The number of halogens is 2. The molecule has 0 bridgehead atoms. The molecule has 0 radical (unpaired) electrons. The van der Waals surface area contributed by atoms with Crippen LogP contribution >= 0.6 is 23.2 Å². The first kappa shape index (κ1) is 13.2. The first-order valence-corrected chi connectivity index (χ1v) is 6.69. The lowest BCUT2D eigenvalue weighted by Gasteiger charge is -2.32. The summed E-state index contributed by atoms with van der Waals surface area (Å²) in [7, 11) is 1.96. The smallest absolute Gasteiger partial charge is 0.0880 e. The van der Waals surface area contributed by atoms with Crippen LogP contribution < -0.4 is 5.32 Å². The summed E-state index contributed by atoms with van der Waals surface area (Å²) < 4.78 is 5.88. The molecular formula is C13H17Cl2NO. The molecule has 1 aliphatic rings. The van der Waals surface area contributed by atoms with E-state index >= 15 is 0 Å². The fourth-order valence-electron chi connectivity index (χ4n) is 2.40. The van der Waals surface area contributed by atoms with Crippen LogP contribution in [-0.4, -0.2) is 20.2 Å². The van der Waals surface area contributed by atoms with E-state index in [1.54, 1.807) is 0 Å². The van der Waals surface area contributed by atoms with Gasteiger partial charge >= 0.3 is 0 Å². The van der Waals surface area contributed by atoms with Crippen LogP contribution in [0.2, 0.25) is 10.0 Å². The van der Waals surface area contributed by atoms with Gasteiger partial charge in [-0.25, -0.2) is 0 Å². The maximum Gasteiger partial charge on any atom is 0.0880 e. The van der Waals surface area contributed by atoms with Crippen molar-refractivity contribution >= 4 is 23.2 Å². The van der Waals surface area contributed by atoms with Crippen LogP contribution in [0.1, 0.15) is 24.5 Å². The van der Waals surface area contributed by atoms with Crippen LogP contribution in [0.5, 0.6) is 0 Å². The first-order chi connectivity index (χ1) is 8.24. The molecule has 2 unspecified atom stereocenters. The molecule has 1 aromatic rings. The fourth-order valence-corrected chi connectivity index (χ4v) is 2.81. The molecule has 0 aliphatic carbocycles. The van der Waals surface area contributed by atoms with Crippen molar-refractivity contribution in [3.63, 3.8) is 0 Å². The Hall–Kier alpha value is -0.280. The van der Waals surface area contributed by atoms with Crippen LogP contribution in [0.3, 0.4) is 0 Å². The molecule has 1 aliphatic heterocycles. The van der Waals surface area contributed by atoms with Crippen molar-refractivity contribution in [3.05, 3.63) is 33.8 Å². The van der Waals surface area contributed by atoms with Gasteiger partial charge in [-0.2, -0.15) is 0 Å². The van der Waals surface area contributed by atoms with Gasteiger partial charge in [-0.1, -0.05) is 35.3 Å². The molecule has 1 aromatic carbocycles. The van der Waals surface area contributed by atoms with Gasteiger partial charge in [-0.3, -0.25) is 0 Å². The van der Waals surface area contributed by atoms with Gasteiger partial charge in [0.05, 0.1) is 16.1 Å². The molecule has 0 saturated carbocycles. The van der Waals surface area contributed by atoms with Crippen LogP contribution in [0.25, 0.3) is 0 Å². The number of rotatable bonds is 3. The Morgan fingerprint density at radius 1 is 1.41 bits per heavy atom. The van der Waals surface area contributed by atoms with Gasteiger partial charge in [-0.05, 0) is 26.0 Å². The van der Waals surface area contributed by atoms with Gasteiger partial charge in [-0.15, -0.1) is 0 Å². The molecule has 2 atom stereocenters. The first-order valence-electron chi connectivity index (χ1n) is 5.94. The van der Waals surface area contributed by atoms with Crippen molar-refractivity contribution in [3.8, 4) is 0 Å². The molecule has 1 N–H and O–H groups in total. The lowest BCUT2D eigenvalue weighted by Crippen LogP contribution is -2.30. The van der Waals surface area contributed by atoms with Crippen LogP contribution in [0.15, 0.2) is 18.2 Å². The molecular weight excluding hydrogens is 257 g/mol. The SMILES string of the molecule is CNCC1CCCOC1c1cccc(Cl)c1Cl. The second-order valence-electron chi connectivity index (χ2n) is 4.39. The minimum absolute atomic E-state index is 0.0578. The second kappa shape index (κ2) is 6.05. The number of benzene rings is 1. The van der Waals surface area contributed by atoms with Crippen LogP contribution in [0.4, 0.5) is 0 Å². The van der Waals surface area contributed by atoms with E-state index in [0.29, 0.717) is 16.0 Å². The third kappa shape index (κ3) is 2.94. The number of hydrogen-bond acceptors (Lipinski definition) is 2.